The van der Waals surface area contributed by atoms with Crippen LogP contribution in [-0.4, -0.2) is 42.3 Å². The SMILES string of the molecule is CCOC(=O)[C@@]1(C2CC2)CCCN(C(=O)OC(C)(C)C)C1. The fourth-order valence-corrected chi connectivity index (χ4v) is 3.14. The van der Waals surface area contributed by atoms with Crippen LogP contribution in [0.4, 0.5) is 4.79 Å². The van der Waals surface area contributed by atoms with Crippen LogP contribution in [-0.2, 0) is 14.3 Å². The Kier molecular flexibility index (Phi) is 4.49. The lowest BCUT2D eigenvalue weighted by molar-refractivity contribution is -0.160. The van der Waals surface area contributed by atoms with E-state index < -0.39 is 11.0 Å². The highest BCUT2D eigenvalue weighted by molar-refractivity contribution is 5.79. The number of rotatable bonds is 3. The van der Waals surface area contributed by atoms with Crippen molar-refractivity contribution in [3.63, 3.8) is 0 Å². The molecule has 21 heavy (non-hydrogen) atoms. The van der Waals surface area contributed by atoms with Gasteiger partial charge in [0.05, 0.1) is 12.0 Å². The van der Waals surface area contributed by atoms with Gasteiger partial charge in [-0.25, -0.2) is 4.79 Å². The summed E-state index contributed by atoms with van der Waals surface area (Å²) >= 11 is 0. The van der Waals surface area contributed by atoms with Crippen LogP contribution in [0.1, 0.15) is 53.4 Å². The van der Waals surface area contributed by atoms with Gasteiger partial charge in [0.25, 0.3) is 0 Å². The van der Waals surface area contributed by atoms with Crippen LogP contribution in [0.2, 0.25) is 0 Å². The maximum atomic E-state index is 12.5. The number of carbonyl (C=O) groups excluding carboxylic acids is 2. The van der Waals surface area contributed by atoms with E-state index in [0.29, 0.717) is 25.6 Å². The topological polar surface area (TPSA) is 55.8 Å². The van der Waals surface area contributed by atoms with E-state index in [9.17, 15) is 9.59 Å². The molecular formula is C16H27NO4. The van der Waals surface area contributed by atoms with Gasteiger partial charge in [0.1, 0.15) is 5.60 Å². The maximum absolute atomic E-state index is 12.5. The fraction of sp³-hybridized carbons (Fsp3) is 0.875. The number of carbonyl (C=O) groups is 2. The number of hydrogen-bond donors (Lipinski definition) is 0. The molecular weight excluding hydrogens is 270 g/mol. The molecule has 2 rings (SSSR count). The van der Waals surface area contributed by atoms with Gasteiger partial charge in [-0.05, 0) is 59.3 Å². The van der Waals surface area contributed by atoms with Gasteiger partial charge in [0, 0.05) is 13.1 Å². The number of amides is 1. The Bertz CT molecular complexity index is 411. The van der Waals surface area contributed by atoms with Crippen molar-refractivity contribution in [2.45, 2.75) is 59.0 Å². The Morgan fingerprint density at radius 3 is 2.48 bits per heavy atom. The molecule has 5 heteroatoms. The Hall–Kier alpha value is -1.26. The largest absolute Gasteiger partial charge is 0.466 e. The maximum Gasteiger partial charge on any atom is 0.410 e. The Morgan fingerprint density at radius 2 is 1.95 bits per heavy atom. The molecule has 1 atom stereocenters. The molecule has 2 fully saturated rings. The van der Waals surface area contributed by atoms with Crippen LogP contribution >= 0.6 is 0 Å². The first-order chi connectivity index (χ1) is 9.78. The summed E-state index contributed by atoms with van der Waals surface area (Å²) in [6.07, 6.45) is 3.43. The van der Waals surface area contributed by atoms with E-state index in [0.717, 1.165) is 25.7 Å². The molecule has 0 radical (unpaired) electrons. The number of ether oxygens (including phenoxy) is 2. The summed E-state index contributed by atoms with van der Waals surface area (Å²) in [6.45, 7) is 8.87. The van der Waals surface area contributed by atoms with E-state index in [-0.39, 0.29) is 12.1 Å². The van der Waals surface area contributed by atoms with Crippen LogP contribution in [0.15, 0.2) is 0 Å². The highest BCUT2D eigenvalue weighted by Gasteiger charge is 2.54. The summed E-state index contributed by atoms with van der Waals surface area (Å²) in [5, 5.41) is 0. The zero-order chi connectivity index (χ0) is 15.7. The third kappa shape index (κ3) is 3.69. The molecule has 0 unspecified atom stereocenters. The number of likely N-dealkylation sites (tertiary alicyclic amines) is 1. The van der Waals surface area contributed by atoms with Gasteiger partial charge in [-0.1, -0.05) is 0 Å². The minimum Gasteiger partial charge on any atom is -0.466 e. The minimum atomic E-state index is -0.513. The molecule has 120 valence electrons. The van der Waals surface area contributed by atoms with Crippen molar-refractivity contribution in [2.75, 3.05) is 19.7 Å². The fourth-order valence-electron chi connectivity index (χ4n) is 3.14. The smallest absolute Gasteiger partial charge is 0.410 e. The molecule has 1 aliphatic carbocycles. The molecule has 0 bridgehead atoms. The number of piperidine rings is 1. The summed E-state index contributed by atoms with van der Waals surface area (Å²) in [7, 11) is 0. The quantitative estimate of drug-likeness (QED) is 0.751. The highest BCUT2D eigenvalue weighted by atomic mass is 16.6. The molecule has 0 aromatic rings. The summed E-state index contributed by atoms with van der Waals surface area (Å²) < 4.78 is 10.7. The predicted molar refractivity (Wildman–Crippen MR) is 78.8 cm³/mol. The van der Waals surface area contributed by atoms with Crippen molar-refractivity contribution < 1.29 is 19.1 Å². The second-order valence-electron chi connectivity index (χ2n) is 7.16. The molecule has 5 nitrogen and oxygen atoms in total. The Labute approximate surface area is 127 Å². The van der Waals surface area contributed by atoms with Crippen molar-refractivity contribution in [2.24, 2.45) is 11.3 Å². The molecule has 1 amide bonds. The van der Waals surface area contributed by atoms with Gasteiger partial charge < -0.3 is 14.4 Å². The van der Waals surface area contributed by atoms with Gasteiger partial charge >= 0.3 is 12.1 Å². The summed E-state index contributed by atoms with van der Waals surface area (Å²) in [5.74, 6) is 0.225. The molecule has 1 heterocycles. The zero-order valence-corrected chi connectivity index (χ0v) is 13.6. The Balaban J connectivity index is 2.10. The average molecular weight is 297 g/mol. The first kappa shape index (κ1) is 16.1. The Morgan fingerprint density at radius 1 is 1.29 bits per heavy atom. The standard InChI is InChI=1S/C16H27NO4/c1-5-20-13(18)16(12-7-8-12)9-6-10-17(11-16)14(19)21-15(2,3)4/h12H,5-11H2,1-4H3/t16-/m0/s1. The first-order valence-electron chi connectivity index (χ1n) is 7.93. The predicted octanol–water partition coefficient (Wildman–Crippen LogP) is 2.98. The van der Waals surface area contributed by atoms with E-state index in [1.54, 1.807) is 4.90 Å². The summed E-state index contributed by atoms with van der Waals surface area (Å²) in [6, 6.07) is 0. The third-order valence-corrected chi connectivity index (χ3v) is 4.22. The van der Waals surface area contributed by atoms with E-state index in [4.69, 9.17) is 9.47 Å². The van der Waals surface area contributed by atoms with Crippen LogP contribution in [0.3, 0.4) is 0 Å². The van der Waals surface area contributed by atoms with Crippen molar-refractivity contribution >= 4 is 12.1 Å². The van der Waals surface area contributed by atoms with Crippen LogP contribution in [0.5, 0.6) is 0 Å². The van der Waals surface area contributed by atoms with Gasteiger partial charge in [-0.2, -0.15) is 0 Å². The number of hydrogen-bond acceptors (Lipinski definition) is 4. The van der Waals surface area contributed by atoms with Gasteiger partial charge in [-0.3, -0.25) is 4.79 Å². The van der Waals surface area contributed by atoms with Crippen molar-refractivity contribution in [3.8, 4) is 0 Å². The minimum absolute atomic E-state index is 0.138. The molecule has 1 saturated heterocycles. The molecule has 1 aliphatic heterocycles. The van der Waals surface area contributed by atoms with Crippen LogP contribution in [0, 0.1) is 11.3 Å². The molecule has 0 aromatic heterocycles. The summed E-state index contributed by atoms with van der Waals surface area (Å²) in [4.78, 5) is 26.4. The molecule has 1 saturated carbocycles. The van der Waals surface area contributed by atoms with E-state index in [1.165, 1.54) is 0 Å². The monoisotopic (exact) mass is 297 g/mol. The van der Waals surface area contributed by atoms with Crippen LogP contribution in [0.25, 0.3) is 0 Å². The number of esters is 1. The summed E-state index contributed by atoms with van der Waals surface area (Å²) in [5.41, 5.74) is -1.02. The third-order valence-electron chi connectivity index (χ3n) is 4.22. The van der Waals surface area contributed by atoms with Gasteiger partial charge in [0.2, 0.25) is 0 Å². The second-order valence-corrected chi connectivity index (χ2v) is 7.16. The van der Waals surface area contributed by atoms with Crippen molar-refractivity contribution in [1.29, 1.82) is 0 Å². The van der Waals surface area contributed by atoms with E-state index >= 15 is 0 Å². The lowest BCUT2D eigenvalue weighted by Gasteiger charge is -2.41. The highest BCUT2D eigenvalue weighted by Crippen LogP contribution is 2.51. The van der Waals surface area contributed by atoms with E-state index in [2.05, 4.69) is 0 Å². The molecule has 0 aromatic carbocycles. The van der Waals surface area contributed by atoms with Crippen molar-refractivity contribution in [3.05, 3.63) is 0 Å². The normalized spacial score (nSPS) is 26.4. The van der Waals surface area contributed by atoms with Gasteiger partial charge in [0.15, 0.2) is 0 Å². The zero-order valence-electron chi connectivity index (χ0n) is 13.6. The lowest BCUT2D eigenvalue weighted by Crippen LogP contribution is -2.52. The van der Waals surface area contributed by atoms with E-state index in [1.807, 2.05) is 27.7 Å². The average Bonchev–Trinajstić information content (AvgIpc) is 3.21. The van der Waals surface area contributed by atoms with Crippen LogP contribution < -0.4 is 0 Å². The lowest BCUT2D eigenvalue weighted by atomic mass is 9.75. The number of nitrogens with zero attached hydrogens (tertiary/aromatic N) is 1. The molecule has 2 aliphatic rings. The van der Waals surface area contributed by atoms with Gasteiger partial charge in [-0.15, -0.1) is 0 Å². The second kappa shape index (κ2) is 5.85. The molecule has 0 N–H and O–H groups in total. The molecule has 0 spiro atoms. The first-order valence-corrected chi connectivity index (χ1v) is 7.93. The van der Waals surface area contributed by atoms with Crippen molar-refractivity contribution in [1.82, 2.24) is 4.90 Å².